The van der Waals surface area contributed by atoms with E-state index in [0.29, 0.717) is 18.2 Å². The van der Waals surface area contributed by atoms with Gasteiger partial charge in [-0.15, -0.1) is 11.6 Å². The number of alkyl halides is 1. The van der Waals surface area contributed by atoms with Gasteiger partial charge in [0.2, 0.25) is 0 Å². The number of halogens is 1. The molecule has 3 N–H and O–H groups in total. The molecular formula is C14H19ClN2O2. The van der Waals surface area contributed by atoms with Gasteiger partial charge in [0.05, 0.1) is 12.0 Å². The van der Waals surface area contributed by atoms with E-state index in [4.69, 9.17) is 11.6 Å². The van der Waals surface area contributed by atoms with Crippen LogP contribution >= 0.6 is 11.6 Å². The predicted octanol–water partition coefficient (Wildman–Crippen LogP) is 1.90. The van der Waals surface area contributed by atoms with Crippen LogP contribution in [0.3, 0.4) is 0 Å². The molecule has 104 valence electrons. The van der Waals surface area contributed by atoms with Crippen molar-refractivity contribution in [2.75, 3.05) is 17.7 Å². The van der Waals surface area contributed by atoms with Gasteiger partial charge in [-0.1, -0.05) is 6.07 Å². The second kappa shape index (κ2) is 6.26. The first-order valence-electron chi connectivity index (χ1n) is 6.49. The van der Waals surface area contributed by atoms with Crippen LogP contribution in [-0.4, -0.2) is 35.6 Å². The molecule has 0 aliphatic heterocycles. The standard InChI is InChI=1S/C14H19ClN2O2/c1-9-2-3-10(14(19)17-11-4-5-11)6-13(9)16-8-12(18)7-15/h2-3,6,11-12,16,18H,4-5,7-8H2,1H3,(H,17,19). The van der Waals surface area contributed by atoms with Gasteiger partial charge in [-0.3, -0.25) is 4.79 Å². The fraction of sp³-hybridized carbons (Fsp3) is 0.500. The minimum Gasteiger partial charge on any atom is -0.390 e. The van der Waals surface area contributed by atoms with Gasteiger partial charge < -0.3 is 15.7 Å². The second-order valence-corrected chi connectivity index (χ2v) is 5.28. The van der Waals surface area contributed by atoms with Crippen molar-refractivity contribution in [3.63, 3.8) is 0 Å². The minimum absolute atomic E-state index is 0.0385. The number of aliphatic hydroxyl groups excluding tert-OH is 1. The van der Waals surface area contributed by atoms with Crippen molar-refractivity contribution in [1.82, 2.24) is 5.32 Å². The summed E-state index contributed by atoms with van der Waals surface area (Å²) in [6, 6.07) is 5.88. The zero-order chi connectivity index (χ0) is 13.8. The topological polar surface area (TPSA) is 61.4 Å². The molecule has 0 spiro atoms. The van der Waals surface area contributed by atoms with Gasteiger partial charge in [0.25, 0.3) is 5.91 Å². The van der Waals surface area contributed by atoms with Crippen LogP contribution in [0.1, 0.15) is 28.8 Å². The molecule has 1 amide bonds. The first kappa shape index (κ1) is 14.2. The quantitative estimate of drug-likeness (QED) is 0.699. The van der Waals surface area contributed by atoms with Gasteiger partial charge in [0.1, 0.15) is 0 Å². The number of aryl methyl sites for hydroxylation is 1. The average Bonchev–Trinajstić information content (AvgIpc) is 3.21. The van der Waals surface area contributed by atoms with E-state index in [-0.39, 0.29) is 11.8 Å². The first-order chi connectivity index (χ1) is 9.10. The van der Waals surface area contributed by atoms with Crippen molar-refractivity contribution in [3.8, 4) is 0 Å². The summed E-state index contributed by atoms with van der Waals surface area (Å²) in [4.78, 5) is 11.9. The van der Waals surface area contributed by atoms with E-state index in [2.05, 4.69) is 10.6 Å². The predicted molar refractivity (Wildman–Crippen MR) is 76.9 cm³/mol. The SMILES string of the molecule is Cc1ccc(C(=O)NC2CC2)cc1NCC(O)CCl. The Morgan fingerprint density at radius 3 is 2.89 bits per heavy atom. The van der Waals surface area contributed by atoms with Gasteiger partial charge in [-0.05, 0) is 37.5 Å². The maximum Gasteiger partial charge on any atom is 0.251 e. The van der Waals surface area contributed by atoms with Gasteiger partial charge in [-0.2, -0.15) is 0 Å². The van der Waals surface area contributed by atoms with Crippen molar-refractivity contribution < 1.29 is 9.90 Å². The lowest BCUT2D eigenvalue weighted by atomic mass is 10.1. The molecule has 1 aliphatic rings. The highest BCUT2D eigenvalue weighted by Crippen LogP contribution is 2.21. The number of carbonyl (C=O) groups excluding carboxylic acids is 1. The average molecular weight is 283 g/mol. The lowest BCUT2D eigenvalue weighted by molar-refractivity contribution is 0.0951. The molecule has 1 atom stereocenters. The number of aliphatic hydroxyl groups is 1. The van der Waals surface area contributed by atoms with Crippen LogP contribution in [0.25, 0.3) is 0 Å². The summed E-state index contributed by atoms with van der Waals surface area (Å²) in [5.41, 5.74) is 2.53. The molecule has 1 saturated carbocycles. The fourth-order valence-electron chi connectivity index (χ4n) is 1.73. The zero-order valence-electron chi connectivity index (χ0n) is 10.9. The van der Waals surface area contributed by atoms with Crippen LogP contribution in [0.15, 0.2) is 18.2 Å². The summed E-state index contributed by atoms with van der Waals surface area (Å²) >= 11 is 5.55. The Morgan fingerprint density at radius 2 is 2.26 bits per heavy atom. The Bertz CT molecular complexity index is 461. The third-order valence-corrected chi connectivity index (χ3v) is 3.47. The van der Waals surface area contributed by atoms with Crippen molar-refractivity contribution in [2.24, 2.45) is 0 Å². The van der Waals surface area contributed by atoms with Crippen molar-refractivity contribution in [2.45, 2.75) is 31.9 Å². The molecule has 4 nitrogen and oxygen atoms in total. The van der Waals surface area contributed by atoms with E-state index < -0.39 is 6.10 Å². The molecule has 2 rings (SSSR count). The number of hydrogen-bond donors (Lipinski definition) is 3. The van der Waals surface area contributed by atoms with E-state index in [1.807, 2.05) is 25.1 Å². The third kappa shape index (κ3) is 4.11. The summed E-state index contributed by atoms with van der Waals surface area (Å²) in [5.74, 6) is 0.150. The van der Waals surface area contributed by atoms with Gasteiger partial charge >= 0.3 is 0 Å². The Hall–Kier alpha value is -1.26. The first-order valence-corrected chi connectivity index (χ1v) is 7.03. The van der Waals surface area contributed by atoms with E-state index in [9.17, 15) is 9.90 Å². The maximum absolute atomic E-state index is 11.9. The van der Waals surface area contributed by atoms with Crippen LogP contribution in [0, 0.1) is 6.92 Å². The number of rotatable bonds is 6. The summed E-state index contributed by atoms with van der Waals surface area (Å²) in [6.07, 6.45) is 1.56. The van der Waals surface area contributed by atoms with Crippen LogP contribution in [0.5, 0.6) is 0 Å². The molecule has 1 aromatic rings. The van der Waals surface area contributed by atoms with Gasteiger partial charge in [-0.25, -0.2) is 0 Å². The molecule has 0 bridgehead atoms. The second-order valence-electron chi connectivity index (χ2n) is 4.97. The maximum atomic E-state index is 11.9. The van der Waals surface area contributed by atoms with Crippen molar-refractivity contribution >= 4 is 23.2 Å². The van der Waals surface area contributed by atoms with Crippen LogP contribution < -0.4 is 10.6 Å². The lowest BCUT2D eigenvalue weighted by Crippen LogP contribution is -2.26. The highest BCUT2D eigenvalue weighted by atomic mass is 35.5. The van der Waals surface area contributed by atoms with E-state index >= 15 is 0 Å². The molecule has 19 heavy (non-hydrogen) atoms. The van der Waals surface area contributed by atoms with Gasteiger partial charge in [0, 0.05) is 23.8 Å². The number of nitrogens with one attached hydrogen (secondary N) is 2. The number of benzene rings is 1. The molecule has 1 aromatic carbocycles. The van der Waals surface area contributed by atoms with Crippen LogP contribution in [0.4, 0.5) is 5.69 Å². The van der Waals surface area contributed by atoms with Crippen LogP contribution in [-0.2, 0) is 0 Å². The highest BCUT2D eigenvalue weighted by Gasteiger charge is 2.23. The zero-order valence-corrected chi connectivity index (χ0v) is 11.7. The Balaban J connectivity index is 2.02. The fourth-order valence-corrected chi connectivity index (χ4v) is 1.84. The number of anilines is 1. The Kier molecular flexibility index (Phi) is 4.66. The molecule has 0 heterocycles. The molecular weight excluding hydrogens is 264 g/mol. The van der Waals surface area contributed by atoms with E-state index in [1.54, 1.807) is 0 Å². The third-order valence-electron chi connectivity index (χ3n) is 3.12. The molecule has 5 heteroatoms. The van der Waals surface area contributed by atoms with Crippen molar-refractivity contribution in [1.29, 1.82) is 0 Å². The number of amides is 1. The highest BCUT2D eigenvalue weighted by molar-refractivity contribution is 6.18. The molecule has 1 aliphatic carbocycles. The van der Waals surface area contributed by atoms with E-state index in [0.717, 1.165) is 24.1 Å². The summed E-state index contributed by atoms with van der Waals surface area (Å²) in [7, 11) is 0. The van der Waals surface area contributed by atoms with Gasteiger partial charge in [0.15, 0.2) is 0 Å². The van der Waals surface area contributed by atoms with Crippen molar-refractivity contribution in [3.05, 3.63) is 29.3 Å². The summed E-state index contributed by atoms with van der Waals surface area (Å²) in [5, 5.41) is 15.5. The Labute approximate surface area is 118 Å². The number of carbonyl (C=O) groups is 1. The smallest absolute Gasteiger partial charge is 0.251 e. The monoisotopic (exact) mass is 282 g/mol. The molecule has 0 radical (unpaired) electrons. The molecule has 1 fully saturated rings. The molecule has 0 aromatic heterocycles. The number of hydrogen-bond acceptors (Lipinski definition) is 3. The Morgan fingerprint density at radius 1 is 1.53 bits per heavy atom. The summed E-state index contributed by atoms with van der Waals surface area (Å²) < 4.78 is 0. The lowest BCUT2D eigenvalue weighted by Gasteiger charge is -2.13. The molecule has 0 saturated heterocycles. The summed E-state index contributed by atoms with van der Waals surface area (Å²) in [6.45, 7) is 2.33. The minimum atomic E-state index is -0.593. The normalized spacial score (nSPS) is 15.9. The van der Waals surface area contributed by atoms with E-state index in [1.165, 1.54) is 0 Å². The largest absolute Gasteiger partial charge is 0.390 e. The molecule has 1 unspecified atom stereocenters. The van der Waals surface area contributed by atoms with Crippen LogP contribution in [0.2, 0.25) is 0 Å².